The summed E-state index contributed by atoms with van der Waals surface area (Å²) in [4.78, 5) is 55.4. The van der Waals surface area contributed by atoms with E-state index in [1.165, 1.54) is 12.1 Å². The molecule has 0 saturated carbocycles. The van der Waals surface area contributed by atoms with Gasteiger partial charge in [0.1, 0.15) is 23.5 Å². The van der Waals surface area contributed by atoms with Crippen molar-refractivity contribution >= 4 is 23.6 Å². The number of rotatable bonds is 4. The molecular formula is C25H39N5O4. The molecule has 0 aliphatic carbocycles. The molecule has 2 rings (SSSR count). The van der Waals surface area contributed by atoms with Crippen molar-refractivity contribution in [1.29, 1.82) is 0 Å². The van der Waals surface area contributed by atoms with Gasteiger partial charge >= 0.3 is 0 Å². The van der Waals surface area contributed by atoms with Crippen molar-refractivity contribution in [3.63, 3.8) is 0 Å². The molecule has 1 aromatic rings. The van der Waals surface area contributed by atoms with Gasteiger partial charge in [0, 0.05) is 13.1 Å². The molecule has 1 aliphatic rings. The third-order valence-electron chi connectivity index (χ3n) is 5.57. The van der Waals surface area contributed by atoms with Gasteiger partial charge < -0.3 is 21.3 Å². The number of amides is 4. The Morgan fingerprint density at radius 2 is 1.15 bits per heavy atom. The molecule has 4 N–H and O–H groups in total. The molecule has 2 unspecified atom stereocenters. The van der Waals surface area contributed by atoms with Gasteiger partial charge in [-0.25, -0.2) is 4.98 Å². The van der Waals surface area contributed by atoms with Crippen LogP contribution in [0.15, 0.2) is 18.2 Å². The molecule has 34 heavy (non-hydrogen) atoms. The van der Waals surface area contributed by atoms with Crippen LogP contribution in [0.3, 0.4) is 0 Å². The topological polar surface area (TPSA) is 129 Å². The smallest absolute Gasteiger partial charge is 0.270 e. The van der Waals surface area contributed by atoms with E-state index >= 15 is 0 Å². The zero-order valence-corrected chi connectivity index (χ0v) is 20.8. The van der Waals surface area contributed by atoms with E-state index in [2.05, 4.69) is 26.3 Å². The zero-order chi connectivity index (χ0) is 25.1. The second-order valence-corrected chi connectivity index (χ2v) is 9.72. The largest absolute Gasteiger partial charge is 0.354 e. The van der Waals surface area contributed by atoms with Crippen LogP contribution in [0, 0.1) is 11.8 Å². The molecule has 9 nitrogen and oxygen atoms in total. The van der Waals surface area contributed by atoms with Crippen LogP contribution in [-0.4, -0.2) is 53.8 Å². The number of nitrogens with zero attached hydrogens (tertiary/aromatic N) is 1. The van der Waals surface area contributed by atoms with Gasteiger partial charge in [-0.05, 0) is 49.7 Å². The molecule has 2 bridgehead atoms. The second kappa shape index (κ2) is 13.7. The van der Waals surface area contributed by atoms with Gasteiger partial charge in [0.25, 0.3) is 11.8 Å². The number of hydrogen-bond acceptors (Lipinski definition) is 5. The fraction of sp³-hybridized carbons (Fsp3) is 0.640. The molecule has 0 saturated heterocycles. The highest BCUT2D eigenvalue weighted by atomic mass is 16.2. The molecule has 188 valence electrons. The minimum Gasteiger partial charge on any atom is -0.354 e. The van der Waals surface area contributed by atoms with Crippen molar-refractivity contribution in [2.75, 3.05) is 13.1 Å². The molecule has 1 aromatic heterocycles. The van der Waals surface area contributed by atoms with Gasteiger partial charge in [0.05, 0.1) is 0 Å². The number of carbonyl (C=O) groups is 4. The summed E-state index contributed by atoms with van der Waals surface area (Å²) in [5.74, 6) is -1.10. The number of nitrogens with one attached hydrogen (secondary N) is 4. The number of carbonyl (C=O) groups excluding carboxylic acids is 4. The van der Waals surface area contributed by atoms with Crippen LogP contribution in [0.5, 0.6) is 0 Å². The Morgan fingerprint density at radius 1 is 0.735 bits per heavy atom. The molecular weight excluding hydrogens is 434 g/mol. The fourth-order valence-corrected chi connectivity index (χ4v) is 3.83. The summed E-state index contributed by atoms with van der Waals surface area (Å²) in [5, 5.41) is 11.4. The van der Waals surface area contributed by atoms with Crippen LogP contribution in [0.25, 0.3) is 0 Å². The van der Waals surface area contributed by atoms with Gasteiger partial charge in [-0.15, -0.1) is 0 Å². The lowest BCUT2D eigenvalue weighted by Gasteiger charge is -2.20. The van der Waals surface area contributed by atoms with E-state index in [0.717, 1.165) is 25.7 Å². The summed E-state index contributed by atoms with van der Waals surface area (Å²) in [5.41, 5.74) is 0.0777. The number of fused-ring (bicyclic) bond motifs is 2. The third-order valence-corrected chi connectivity index (χ3v) is 5.57. The maximum atomic E-state index is 12.9. The van der Waals surface area contributed by atoms with E-state index in [4.69, 9.17) is 0 Å². The normalized spacial score (nSPS) is 21.6. The van der Waals surface area contributed by atoms with E-state index < -0.39 is 23.9 Å². The third kappa shape index (κ3) is 9.11. The lowest BCUT2D eigenvalue weighted by atomic mass is 10.0. The number of aromatic nitrogens is 1. The Kier molecular flexibility index (Phi) is 11.0. The lowest BCUT2D eigenvalue weighted by molar-refractivity contribution is -0.124. The monoisotopic (exact) mass is 473 g/mol. The van der Waals surface area contributed by atoms with E-state index in [0.29, 0.717) is 25.9 Å². The predicted molar refractivity (Wildman–Crippen MR) is 130 cm³/mol. The first-order valence-corrected chi connectivity index (χ1v) is 12.3. The maximum absolute atomic E-state index is 12.9. The molecule has 0 spiro atoms. The highest BCUT2D eigenvalue weighted by molar-refractivity contribution is 5.99. The Balaban J connectivity index is 2.27. The van der Waals surface area contributed by atoms with E-state index in [9.17, 15) is 19.2 Å². The Bertz CT molecular complexity index is 790. The molecule has 0 radical (unpaired) electrons. The first-order chi connectivity index (χ1) is 16.2. The molecule has 1 aliphatic heterocycles. The summed E-state index contributed by atoms with van der Waals surface area (Å²) in [7, 11) is 0. The van der Waals surface area contributed by atoms with Crippen LogP contribution >= 0.6 is 0 Å². The average molecular weight is 474 g/mol. The Morgan fingerprint density at radius 3 is 1.53 bits per heavy atom. The minimum absolute atomic E-state index is 0.0389. The molecule has 4 amide bonds. The van der Waals surface area contributed by atoms with Crippen molar-refractivity contribution < 1.29 is 19.2 Å². The molecule has 2 heterocycles. The quantitative estimate of drug-likeness (QED) is 0.533. The van der Waals surface area contributed by atoms with E-state index in [1.54, 1.807) is 6.07 Å². The first kappa shape index (κ1) is 27.3. The van der Waals surface area contributed by atoms with Gasteiger partial charge in [-0.1, -0.05) is 46.6 Å². The van der Waals surface area contributed by atoms with Crippen molar-refractivity contribution in [3.8, 4) is 0 Å². The summed E-state index contributed by atoms with van der Waals surface area (Å²) in [6, 6.07) is 3.18. The standard InChI is InChI=1S/C25H39N5O4/c1-16(2)14-20-22(31)26-12-7-5-6-8-13-27-23(32)21(15-17(3)4)30-25(34)19-11-9-10-18(28-19)24(33)29-20/h9-11,16-17,20-21H,5-8,12-15H2,1-4H3,(H,26,31)(H,27,32)(H,29,33)(H,30,34). The second-order valence-electron chi connectivity index (χ2n) is 9.72. The highest BCUT2D eigenvalue weighted by Gasteiger charge is 2.25. The average Bonchev–Trinajstić information content (AvgIpc) is 2.78. The van der Waals surface area contributed by atoms with Crippen molar-refractivity contribution in [2.24, 2.45) is 11.8 Å². The molecule has 2 atom stereocenters. The molecule has 0 aromatic carbocycles. The van der Waals surface area contributed by atoms with Gasteiger partial charge in [0.2, 0.25) is 11.8 Å². The molecule has 0 fully saturated rings. The molecule has 9 heteroatoms. The summed E-state index contributed by atoms with van der Waals surface area (Å²) < 4.78 is 0. The van der Waals surface area contributed by atoms with Crippen LogP contribution in [0.1, 0.15) is 87.2 Å². The minimum atomic E-state index is -0.689. The van der Waals surface area contributed by atoms with Crippen LogP contribution in [0.4, 0.5) is 0 Å². The van der Waals surface area contributed by atoms with Crippen molar-refractivity contribution in [1.82, 2.24) is 26.3 Å². The first-order valence-electron chi connectivity index (χ1n) is 12.3. The summed E-state index contributed by atoms with van der Waals surface area (Å²) in [6.45, 7) is 9.00. The van der Waals surface area contributed by atoms with Gasteiger partial charge in [-0.3, -0.25) is 19.2 Å². The zero-order valence-electron chi connectivity index (χ0n) is 20.8. The van der Waals surface area contributed by atoms with Crippen LogP contribution < -0.4 is 21.3 Å². The van der Waals surface area contributed by atoms with Gasteiger partial charge in [-0.2, -0.15) is 0 Å². The van der Waals surface area contributed by atoms with E-state index in [-0.39, 0.29) is 35.0 Å². The van der Waals surface area contributed by atoms with Gasteiger partial charge in [0.15, 0.2) is 0 Å². The highest BCUT2D eigenvalue weighted by Crippen LogP contribution is 2.10. The number of pyridine rings is 1. The Hall–Kier alpha value is -2.97. The van der Waals surface area contributed by atoms with Crippen molar-refractivity contribution in [3.05, 3.63) is 29.6 Å². The van der Waals surface area contributed by atoms with E-state index in [1.807, 2.05) is 27.7 Å². The maximum Gasteiger partial charge on any atom is 0.270 e. The lowest BCUT2D eigenvalue weighted by Crippen LogP contribution is -2.48. The SMILES string of the molecule is CC(C)CC1NC(=O)c2cccc(n2)C(=O)NC(CC(C)C)C(=O)NCCCCCCNC1=O. The summed E-state index contributed by atoms with van der Waals surface area (Å²) >= 11 is 0. The fourth-order valence-electron chi connectivity index (χ4n) is 3.83. The Labute approximate surface area is 202 Å². The predicted octanol–water partition coefficient (Wildman–Crippen LogP) is 2.18. The van der Waals surface area contributed by atoms with Crippen molar-refractivity contribution in [2.45, 2.75) is 78.3 Å². The van der Waals surface area contributed by atoms with Crippen LogP contribution in [-0.2, 0) is 9.59 Å². The van der Waals surface area contributed by atoms with Crippen LogP contribution in [0.2, 0.25) is 0 Å². The number of hydrogen-bond donors (Lipinski definition) is 4. The summed E-state index contributed by atoms with van der Waals surface area (Å²) in [6.07, 6.45) is 4.44.